The van der Waals surface area contributed by atoms with Gasteiger partial charge in [0.2, 0.25) is 0 Å². The Morgan fingerprint density at radius 1 is 1.24 bits per heavy atom. The van der Waals surface area contributed by atoms with Crippen molar-refractivity contribution in [1.29, 1.82) is 0 Å². The molecule has 2 saturated carbocycles. The van der Waals surface area contributed by atoms with Crippen LogP contribution >= 0.6 is 0 Å². The largest absolute Gasteiger partial charge is 0.490 e. The van der Waals surface area contributed by atoms with Crippen LogP contribution in [0.5, 0.6) is 5.75 Å². The highest BCUT2D eigenvalue weighted by molar-refractivity contribution is 5.22. The van der Waals surface area contributed by atoms with E-state index in [1.165, 1.54) is 19.3 Å². The number of fused-ring (bicyclic) bond motifs is 2. The molecule has 2 aliphatic rings. The Balaban J connectivity index is 1.83. The predicted molar refractivity (Wildman–Crippen MR) is 68.9 cm³/mol. The third-order valence-electron chi connectivity index (χ3n) is 5.68. The minimum absolute atomic E-state index is 0.344. The van der Waals surface area contributed by atoms with E-state index in [0.717, 1.165) is 11.7 Å². The van der Waals surface area contributed by atoms with Crippen molar-refractivity contribution in [2.45, 2.75) is 46.1 Å². The van der Waals surface area contributed by atoms with Gasteiger partial charge in [0.05, 0.1) is 0 Å². The monoisotopic (exact) mass is 229 g/mol. The zero-order valence-corrected chi connectivity index (χ0v) is 11.0. The van der Waals surface area contributed by atoms with Gasteiger partial charge in [-0.1, -0.05) is 32.9 Å². The lowest BCUT2D eigenvalue weighted by atomic mass is 9.70. The minimum atomic E-state index is 0.344. The summed E-state index contributed by atoms with van der Waals surface area (Å²) < 4.78 is 6.23. The lowest BCUT2D eigenvalue weighted by Gasteiger charge is -2.38. The normalized spacial score (nSPS) is 38.3. The van der Waals surface area contributed by atoms with Gasteiger partial charge in [-0.2, -0.15) is 0 Å². The molecule has 0 N–H and O–H groups in total. The molecule has 91 valence electrons. The van der Waals surface area contributed by atoms with E-state index in [-0.39, 0.29) is 0 Å². The van der Waals surface area contributed by atoms with Crippen LogP contribution in [0.2, 0.25) is 0 Å². The van der Waals surface area contributed by atoms with E-state index in [4.69, 9.17) is 4.74 Å². The first-order chi connectivity index (χ1) is 8.04. The first-order valence-electron chi connectivity index (χ1n) is 6.67. The van der Waals surface area contributed by atoms with E-state index in [0.29, 0.717) is 16.9 Å². The fourth-order valence-electron chi connectivity index (χ4n) is 3.92. The van der Waals surface area contributed by atoms with Crippen LogP contribution in [0, 0.1) is 22.8 Å². The molecule has 0 spiro atoms. The Hall–Kier alpha value is -0.980. The summed E-state index contributed by atoms with van der Waals surface area (Å²) in [5.41, 5.74) is 0.774. The molecule has 0 amide bonds. The zero-order valence-electron chi connectivity index (χ0n) is 11.0. The molecule has 1 heteroatoms. The minimum Gasteiger partial charge on any atom is -0.490 e. The van der Waals surface area contributed by atoms with Gasteiger partial charge in [0.1, 0.15) is 11.9 Å². The fraction of sp³-hybridized carbons (Fsp3) is 0.625. The van der Waals surface area contributed by atoms with Crippen LogP contribution in [-0.4, -0.2) is 6.10 Å². The number of benzene rings is 1. The molecule has 1 aromatic rings. The third kappa shape index (κ3) is 1.44. The van der Waals surface area contributed by atoms with Crippen LogP contribution in [0.1, 0.15) is 40.0 Å². The highest BCUT2D eigenvalue weighted by Crippen LogP contribution is 2.66. The highest BCUT2D eigenvalue weighted by Gasteiger charge is 2.62. The van der Waals surface area contributed by atoms with Gasteiger partial charge < -0.3 is 4.74 Å². The standard InChI is InChI=1S/C16H21O/c1-15(2)12-9-10-16(15,3)14(11-12)17-13-7-5-4-6-8-13/h5-8,12,14H,9-11H2,1-3H3. The van der Waals surface area contributed by atoms with Crippen molar-refractivity contribution >= 4 is 0 Å². The Labute approximate surface area is 104 Å². The quantitative estimate of drug-likeness (QED) is 0.742. The van der Waals surface area contributed by atoms with Gasteiger partial charge in [0.15, 0.2) is 0 Å². The lowest BCUT2D eigenvalue weighted by molar-refractivity contribution is 0.0302. The van der Waals surface area contributed by atoms with Crippen molar-refractivity contribution in [3.05, 3.63) is 30.3 Å². The summed E-state index contributed by atoms with van der Waals surface area (Å²) in [6, 6.07) is 10.9. The average Bonchev–Trinajstić information content (AvgIpc) is 2.63. The van der Waals surface area contributed by atoms with Crippen LogP contribution in [-0.2, 0) is 0 Å². The Bertz CT molecular complexity index is 409. The van der Waals surface area contributed by atoms with E-state index in [1.54, 1.807) is 0 Å². The molecular weight excluding hydrogens is 208 g/mol. The Morgan fingerprint density at radius 3 is 2.47 bits per heavy atom. The summed E-state index contributed by atoms with van der Waals surface area (Å²) >= 11 is 0. The van der Waals surface area contributed by atoms with Gasteiger partial charge in [-0.05, 0) is 48.8 Å². The summed E-state index contributed by atoms with van der Waals surface area (Å²) in [6.45, 7) is 7.26. The molecule has 0 aromatic heterocycles. The SMILES string of the molecule is CC1(C)C2CCC1(C)C(Oc1cc[c]cc1)C2. The molecule has 1 aromatic carbocycles. The van der Waals surface area contributed by atoms with Crippen LogP contribution in [0.25, 0.3) is 0 Å². The topological polar surface area (TPSA) is 9.23 Å². The number of ether oxygens (including phenoxy) is 1. The summed E-state index contributed by atoms with van der Waals surface area (Å²) in [5, 5.41) is 0. The maximum absolute atomic E-state index is 6.23. The van der Waals surface area contributed by atoms with Gasteiger partial charge in [-0.3, -0.25) is 0 Å². The summed E-state index contributed by atoms with van der Waals surface area (Å²) in [5.74, 6) is 1.84. The Morgan fingerprint density at radius 2 is 1.94 bits per heavy atom. The molecule has 17 heavy (non-hydrogen) atoms. The molecule has 1 nitrogen and oxygen atoms in total. The summed E-state index contributed by atoms with van der Waals surface area (Å²) in [4.78, 5) is 0. The molecule has 1 radical (unpaired) electrons. The van der Waals surface area contributed by atoms with E-state index in [2.05, 4.69) is 26.8 Å². The first-order valence-corrected chi connectivity index (χ1v) is 6.67. The van der Waals surface area contributed by atoms with Crippen molar-refractivity contribution in [3.63, 3.8) is 0 Å². The van der Waals surface area contributed by atoms with Crippen LogP contribution in [0.4, 0.5) is 0 Å². The van der Waals surface area contributed by atoms with E-state index >= 15 is 0 Å². The molecule has 2 bridgehead atoms. The lowest BCUT2D eigenvalue weighted by Crippen LogP contribution is -2.38. The molecule has 0 heterocycles. The fourth-order valence-corrected chi connectivity index (χ4v) is 3.92. The first kappa shape index (κ1) is 11.1. The van der Waals surface area contributed by atoms with Gasteiger partial charge in [0, 0.05) is 5.41 Å². The van der Waals surface area contributed by atoms with Crippen molar-refractivity contribution in [1.82, 2.24) is 0 Å². The van der Waals surface area contributed by atoms with Crippen molar-refractivity contribution in [2.24, 2.45) is 16.7 Å². The summed E-state index contributed by atoms with van der Waals surface area (Å²) in [7, 11) is 0. The molecule has 3 rings (SSSR count). The van der Waals surface area contributed by atoms with Gasteiger partial charge >= 0.3 is 0 Å². The van der Waals surface area contributed by atoms with E-state index in [9.17, 15) is 0 Å². The van der Waals surface area contributed by atoms with E-state index < -0.39 is 0 Å². The molecular formula is C16H21O. The maximum Gasteiger partial charge on any atom is 0.119 e. The Kier molecular flexibility index (Phi) is 2.30. The van der Waals surface area contributed by atoms with Crippen molar-refractivity contribution in [2.75, 3.05) is 0 Å². The second kappa shape index (κ2) is 3.51. The van der Waals surface area contributed by atoms with Crippen LogP contribution < -0.4 is 4.74 Å². The molecule has 2 fully saturated rings. The highest BCUT2D eigenvalue weighted by atomic mass is 16.5. The average molecular weight is 229 g/mol. The maximum atomic E-state index is 6.23. The summed E-state index contributed by atoms with van der Waals surface area (Å²) in [6.07, 6.45) is 4.31. The van der Waals surface area contributed by atoms with Crippen LogP contribution in [0.3, 0.4) is 0 Å². The molecule has 3 unspecified atom stereocenters. The molecule has 3 atom stereocenters. The predicted octanol–water partition coefficient (Wildman–Crippen LogP) is 4.08. The molecule has 0 saturated heterocycles. The van der Waals surface area contributed by atoms with Crippen molar-refractivity contribution in [3.8, 4) is 5.75 Å². The number of hydrogen-bond donors (Lipinski definition) is 0. The van der Waals surface area contributed by atoms with Crippen LogP contribution in [0.15, 0.2) is 24.3 Å². The number of hydrogen-bond acceptors (Lipinski definition) is 1. The van der Waals surface area contributed by atoms with Crippen molar-refractivity contribution < 1.29 is 4.74 Å². The van der Waals surface area contributed by atoms with Gasteiger partial charge in [-0.15, -0.1) is 0 Å². The zero-order chi connectivity index (χ0) is 12.1. The van der Waals surface area contributed by atoms with Gasteiger partial charge in [-0.25, -0.2) is 0 Å². The second-order valence-corrected chi connectivity index (χ2v) is 6.45. The number of rotatable bonds is 2. The third-order valence-corrected chi connectivity index (χ3v) is 5.68. The smallest absolute Gasteiger partial charge is 0.119 e. The van der Waals surface area contributed by atoms with Gasteiger partial charge in [0.25, 0.3) is 0 Å². The molecule has 2 aliphatic carbocycles. The van der Waals surface area contributed by atoms with E-state index in [1.807, 2.05) is 24.3 Å². The molecule has 0 aliphatic heterocycles. The second-order valence-electron chi connectivity index (χ2n) is 6.45.